The van der Waals surface area contributed by atoms with Crippen LogP contribution in [-0.2, 0) is 14.3 Å². The second-order valence-corrected chi connectivity index (χ2v) is 2.32. The van der Waals surface area contributed by atoms with Gasteiger partial charge in [-0.1, -0.05) is 0 Å². The molecule has 64 valence electrons. The lowest BCUT2D eigenvalue weighted by Crippen LogP contribution is -2.11. The second kappa shape index (κ2) is 6.03. The van der Waals surface area contributed by atoms with Crippen molar-refractivity contribution in [1.82, 2.24) is 0 Å². The van der Waals surface area contributed by atoms with Gasteiger partial charge in [0, 0.05) is 0 Å². The first-order valence-corrected chi connectivity index (χ1v) is 3.78. The van der Waals surface area contributed by atoms with Gasteiger partial charge in [0.25, 0.3) is 0 Å². The van der Waals surface area contributed by atoms with Crippen molar-refractivity contribution in [2.75, 3.05) is 12.4 Å². The highest BCUT2D eigenvalue weighted by Crippen LogP contribution is 1.90. The summed E-state index contributed by atoms with van der Waals surface area (Å²) >= 11 is 3.89. The van der Waals surface area contributed by atoms with Crippen LogP contribution < -0.4 is 0 Å². The molecule has 0 saturated heterocycles. The van der Waals surface area contributed by atoms with E-state index < -0.39 is 18.4 Å². The van der Waals surface area contributed by atoms with E-state index in [0.29, 0.717) is 12.2 Å². The maximum atomic E-state index is 10.5. The standard InChI is InChI=1S/C6H10O4S/c7-5(8)4-6(9)10-2-1-3-11/h11H,1-4H2,(H,7,8). The number of carboxylic acids is 1. The highest BCUT2D eigenvalue weighted by Gasteiger charge is 2.07. The van der Waals surface area contributed by atoms with E-state index in [1.165, 1.54) is 0 Å². The molecule has 1 N–H and O–H groups in total. The maximum absolute atomic E-state index is 10.5. The van der Waals surface area contributed by atoms with Gasteiger partial charge in [-0.2, -0.15) is 12.6 Å². The number of carbonyl (C=O) groups is 2. The van der Waals surface area contributed by atoms with E-state index in [1.807, 2.05) is 0 Å². The highest BCUT2D eigenvalue weighted by molar-refractivity contribution is 7.80. The fourth-order valence-corrected chi connectivity index (χ4v) is 0.554. The molecule has 0 aliphatic heterocycles. The van der Waals surface area contributed by atoms with Crippen molar-refractivity contribution in [3.63, 3.8) is 0 Å². The quantitative estimate of drug-likeness (QED) is 0.275. The summed E-state index contributed by atoms with van der Waals surface area (Å²) in [5.41, 5.74) is 0. The molecule has 0 saturated carbocycles. The van der Waals surface area contributed by atoms with Gasteiger partial charge in [0.1, 0.15) is 6.42 Å². The third kappa shape index (κ3) is 7.18. The van der Waals surface area contributed by atoms with Crippen LogP contribution in [0.5, 0.6) is 0 Å². The number of aliphatic carboxylic acids is 1. The molecule has 0 bridgehead atoms. The molecule has 0 rings (SSSR count). The van der Waals surface area contributed by atoms with Crippen LogP contribution in [0.1, 0.15) is 12.8 Å². The first-order chi connectivity index (χ1) is 5.16. The Kier molecular flexibility index (Phi) is 5.64. The smallest absolute Gasteiger partial charge is 0.317 e. The van der Waals surface area contributed by atoms with Crippen LogP contribution in [-0.4, -0.2) is 29.4 Å². The van der Waals surface area contributed by atoms with Gasteiger partial charge in [-0.05, 0) is 12.2 Å². The molecule has 5 heteroatoms. The third-order valence-electron chi connectivity index (χ3n) is 0.861. The Balaban J connectivity index is 3.30. The van der Waals surface area contributed by atoms with E-state index in [4.69, 9.17) is 5.11 Å². The van der Waals surface area contributed by atoms with Crippen LogP contribution in [0, 0.1) is 0 Å². The lowest BCUT2D eigenvalue weighted by atomic mass is 10.4. The Morgan fingerprint density at radius 1 is 1.45 bits per heavy atom. The van der Waals surface area contributed by atoms with Crippen molar-refractivity contribution in [3.8, 4) is 0 Å². The fraction of sp³-hybridized carbons (Fsp3) is 0.667. The average Bonchev–Trinajstić information content (AvgIpc) is 1.86. The average molecular weight is 178 g/mol. The molecule has 0 heterocycles. The molecule has 0 fully saturated rings. The summed E-state index contributed by atoms with van der Waals surface area (Å²) in [4.78, 5) is 20.4. The topological polar surface area (TPSA) is 63.6 Å². The number of carboxylic acid groups (broad SMARTS) is 1. The molecule has 0 atom stereocenters. The SMILES string of the molecule is O=C(O)CC(=O)OCCCS. The molecule has 0 aromatic heterocycles. The Hall–Kier alpha value is -0.710. The molecule has 0 radical (unpaired) electrons. The molecule has 0 amide bonds. The second-order valence-electron chi connectivity index (χ2n) is 1.87. The number of thiol groups is 1. The summed E-state index contributed by atoms with van der Waals surface area (Å²) in [5, 5.41) is 8.12. The predicted molar refractivity (Wildman–Crippen MR) is 41.7 cm³/mol. The maximum Gasteiger partial charge on any atom is 0.317 e. The molecule has 0 spiro atoms. The molecular weight excluding hydrogens is 168 g/mol. The minimum Gasteiger partial charge on any atom is -0.481 e. The van der Waals surface area contributed by atoms with Crippen molar-refractivity contribution in [2.45, 2.75) is 12.8 Å². The van der Waals surface area contributed by atoms with E-state index in [-0.39, 0.29) is 6.61 Å². The van der Waals surface area contributed by atoms with Crippen molar-refractivity contribution >= 4 is 24.6 Å². The number of rotatable bonds is 5. The number of hydrogen-bond acceptors (Lipinski definition) is 4. The van der Waals surface area contributed by atoms with Crippen molar-refractivity contribution < 1.29 is 19.4 Å². The molecular formula is C6H10O4S. The minimum atomic E-state index is -1.17. The molecule has 4 nitrogen and oxygen atoms in total. The fourth-order valence-electron chi connectivity index (χ4n) is 0.425. The number of hydrogen-bond donors (Lipinski definition) is 2. The molecule has 0 aromatic rings. The molecule has 0 aliphatic carbocycles. The first-order valence-electron chi connectivity index (χ1n) is 3.15. The zero-order valence-electron chi connectivity index (χ0n) is 5.95. The first kappa shape index (κ1) is 10.3. The van der Waals surface area contributed by atoms with Crippen LogP contribution in [0.3, 0.4) is 0 Å². The van der Waals surface area contributed by atoms with Crippen LogP contribution in [0.2, 0.25) is 0 Å². The Labute approximate surface area is 69.9 Å². The third-order valence-corrected chi connectivity index (χ3v) is 1.18. The normalized spacial score (nSPS) is 9.18. The largest absolute Gasteiger partial charge is 0.481 e. The van der Waals surface area contributed by atoms with E-state index in [0.717, 1.165) is 0 Å². The summed E-state index contributed by atoms with van der Waals surface area (Å²) in [6.07, 6.45) is 0.0844. The van der Waals surface area contributed by atoms with Gasteiger partial charge >= 0.3 is 11.9 Å². The van der Waals surface area contributed by atoms with Gasteiger partial charge in [0.2, 0.25) is 0 Å². The number of esters is 1. The van der Waals surface area contributed by atoms with Crippen LogP contribution in [0.15, 0.2) is 0 Å². The van der Waals surface area contributed by atoms with Gasteiger partial charge in [-0.25, -0.2) is 0 Å². The van der Waals surface area contributed by atoms with Gasteiger partial charge < -0.3 is 9.84 Å². The zero-order valence-corrected chi connectivity index (χ0v) is 6.84. The Morgan fingerprint density at radius 2 is 2.09 bits per heavy atom. The summed E-state index contributed by atoms with van der Waals surface area (Å²) in [7, 11) is 0. The van der Waals surface area contributed by atoms with Crippen LogP contribution in [0.25, 0.3) is 0 Å². The summed E-state index contributed by atoms with van der Waals surface area (Å²) in [5.74, 6) is -1.24. The highest BCUT2D eigenvalue weighted by atomic mass is 32.1. The van der Waals surface area contributed by atoms with Gasteiger partial charge in [-0.3, -0.25) is 9.59 Å². The van der Waals surface area contributed by atoms with Gasteiger partial charge in [-0.15, -0.1) is 0 Å². The van der Waals surface area contributed by atoms with Gasteiger partial charge in [0.05, 0.1) is 6.61 Å². The predicted octanol–water partition coefficient (Wildman–Crippen LogP) is 0.324. The number of carbonyl (C=O) groups excluding carboxylic acids is 1. The molecule has 11 heavy (non-hydrogen) atoms. The van der Waals surface area contributed by atoms with E-state index in [2.05, 4.69) is 17.4 Å². The summed E-state index contributed by atoms with van der Waals surface area (Å²) in [6.45, 7) is 0.246. The van der Waals surface area contributed by atoms with Gasteiger partial charge in [0.15, 0.2) is 0 Å². The van der Waals surface area contributed by atoms with E-state index >= 15 is 0 Å². The summed E-state index contributed by atoms with van der Waals surface area (Å²) in [6, 6.07) is 0. The number of ether oxygens (including phenoxy) is 1. The molecule has 0 unspecified atom stereocenters. The van der Waals surface area contributed by atoms with E-state index in [9.17, 15) is 9.59 Å². The van der Waals surface area contributed by atoms with Crippen molar-refractivity contribution in [3.05, 3.63) is 0 Å². The van der Waals surface area contributed by atoms with Crippen LogP contribution in [0.4, 0.5) is 0 Å². The summed E-state index contributed by atoms with van der Waals surface area (Å²) < 4.78 is 4.52. The Morgan fingerprint density at radius 3 is 2.55 bits per heavy atom. The lowest BCUT2D eigenvalue weighted by Gasteiger charge is -1.99. The Bertz CT molecular complexity index is 146. The van der Waals surface area contributed by atoms with E-state index in [1.54, 1.807) is 0 Å². The monoisotopic (exact) mass is 178 g/mol. The minimum absolute atomic E-state index is 0.246. The zero-order chi connectivity index (χ0) is 8.69. The molecule has 0 aliphatic rings. The van der Waals surface area contributed by atoms with Crippen molar-refractivity contribution in [1.29, 1.82) is 0 Å². The molecule has 0 aromatic carbocycles. The lowest BCUT2D eigenvalue weighted by molar-refractivity contribution is -0.151. The van der Waals surface area contributed by atoms with Crippen molar-refractivity contribution in [2.24, 2.45) is 0 Å². The van der Waals surface area contributed by atoms with Crippen LogP contribution >= 0.6 is 12.6 Å².